The van der Waals surface area contributed by atoms with Crippen LogP contribution in [-0.4, -0.2) is 56.5 Å². The third kappa shape index (κ3) is 6.42. The van der Waals surface area contributed by atoms with E-state index >= 15 is 0 Å². The lowest BCUT2D eigenvalue weighted by Crippen LogP contribution is -2.47. The Labute approximate surface area is 228 Å². The van der Waals surface area contributed by atoms with Gasteiger partial charge in [0.05, 0.1) is 24.2 Å². The fraction of sp³-hybridized carbons (Fsp3) is 0.367. The Morgan fingerprint density at radius 2 is 1.59 bits per heavy atom. The number of aryl methyl sites for hydroxylation is 1. The second-order valence-corrected chi connectivity index (χ2v) is 10.2. The van der Waals surface area contributed by atoms with E-state index in [9.17, 15) is 14.4 Å². The van der Waals surface area contributed by atoms with E-state index in [1.165, 1.54) is 17.5 Å². The maximum absolute atomic E-state index is 12.9. The maximum atomic E-state index is 12.9. The molecule has 0 unspecified atom stereocenters. The summed E-state index contributed by atoms with van der Waals surface area (Å²) in [5.41, 5.74) is 4.18. The van der Waals surface area contributed by atoms with Crippen molar-refractivity contribution < 1.29 is 18.8 Å². The first kappa shape index (κ1) is 26.3. The minimum absolute atomic E-state index is 0.0912. The summed E-state index contributed by atoms with van der Waals surface area (Å²) in [5.74, 6) is -0.775. The van der Waals surface area contributed by atoms with Crippen LogP contribution >= 0.6 is 0 Å². The van der Waals surface area contributed by atoms with Crippen molar-refractivity contribution in [1.29, 1.82) is 0 Å². The Balaban J connectivity index is 1.29. The highest BCUT2D eigenvalue weighted by Gasteiger charge is 2.23. The van der Waals surface area contributed by atoms with Gasteiger partial charge >= 0.3 is 0 Å². The second-order valence-electron chi connectivity index (χ2n) is 10.2. The fourth-order valence-corrected chi connectivity index (χ4v) is 5.36. The molecule has 9 heteroatoms. The van der Waals surface area contributed by atoms with Gasteiger partial charge in [0, 0.05) is 43.5 Å². The summed E-state index contributed by atoms with van der Waals surface area (Å²) in [6, 6.07) is 17.0. The number of benzene rings is 2. The lowest BCUT2D eigenvalue weighted by atomic mass is 10.1. The van der Waals surface area contributed by atoms with E-state index < -0.39 is 5.91 Å². The number of anilines is 3. The highest BCUT2D eigenvalue weighted by atomic mass is 16.3. The van der Waals surface area contributed by atoms with Gasteiger partial charge in [-0.15, -0.1) is 0 Å². The maximum Gasteiger partial charge on any atom is 0.291 e. The van der Waals surface area contributed by atoms with E-state index in [-0.39, 0.29) is 30.2 Å². The normalized spacial score (nSPS) is 15.7. The van der Waals surface area contributed by atoms with Crippen molar-refractivity contribution >= 4 is 34.8 Å². The number of furan rings is 1. The van der Waals surface area contributed by atoms with Gasteiger partial charge < -0.3 is 30.2 Å². The smallest absolute Gasteiger partial charge is 0.291 e. The second kappa shape index (κ2) is 12.1. The Morgan fingerprint density at radius 3 is 2.28 bits per heavy atom. The predicted molar refractivity (Wildman–Crippen MR) is 151 cm³/mol. The molecule has 0 bridgehead atoms. The minimum atomic E-state index is -0.395. The first-order chi connectivity index (χ1) is 19.0. The highest BCUT2D eigenvalue weighted by Crippen LogP contribution is 2.30. The van der Waals surface area contributed by atoms with Crippen molar-refractivity contribution in [3.05, 3.63) is 77.7 Å². The topological polar surface area (TPSA) is 107 Å². The largest absolute Gasteiger partial charge is 0.459 e. The van der Waals surface area contributed by atoms with Crippen LogP contribution in [0.1, 0.15) is 52.2 Å². The lowest BCUT2D eigenvalue weighted by molar-refractivity contribution is -0.120. The van der Waals surface area contributed by atoms with Crippen molar-refractivity contribution in [1.82, 2.24) is 10.6 Å². The van der Waals surface area contributed by atoms with Gasteiger partial charge in [0.2, 0.25) is 5.91 Å². The molecule has 1 aromatic heterocycles. The van der Waals surface area contributed by atoms with Crippen molar-refractivity contribution in [3.63, 3.8) is 0 Å². The SMILES string of the molecule is Cc1ccccc1N1CCN(c2ccc(C(=O)NCC(=O)NC3CCCC3)cc2NC(=O)c2ccco2)CC1. The molecular formula is C30H35N5O4. The van der Waals surface area contributed by atoms with Crippen molar-refractivity contribution in [3.8, 4) is 0 Å². The summed E-state index contributed by atoms with van der Waals surface area (Å²) in [6.07, 6.45) is 5.66. The van der Waals surface area contributed by atoms with Crippen molar-refractivity contribution in [2.75, 3.05) is 47.8 Å². The van der Waals surface area contributed by atoms with Crippen LogP contribution in [0.5, 0.6) is 0 Å². The summed E-state index contributed by atoms with van der Waals surface area (Å²) in [4.78, 5) is 42.7. The quantitative estimate of drug-likeness (QED) is 0.408. The van der Waals surface area contributed by atoms with Crippen molar-refractivity contribution in [2.24, 2.45) is 0 Å². The highest BCUT2D eigenvalue weighted by molar-refractivity contribution is 6.06. The third-order valence-corrected chi connectivity index (χ3v) is 7.46. The number of hydrogen-bond acceptors (Lipinski definition) is 6. The van der Waals surface area contributed by atoms with Crippen LogP contribution in [0.15, 0.2) is 65.3 Å². The van der Waals surface area contributed by atoms with Crippen LogP contribution in [0.25, 0.3) is 0 Å². The van der Waals surface area contributed by atoms with E-state index in [2.05, 4.69) is 50.9 Å². The standard InChI is InChI=1S/C30H35N5O4/c1-21-7-2-5-10-25(21)34-14-16-35(17-15-34)26-13-12-22(19-24(26)33-30(38)27-11-6-18-39-27)29(37)31-20-28(36)32-23-8-3-4-9-23/h2,5-7,10-13,18-19,23H,3-4,8-9,14-17,20H2,1H3,(H,31,37)(H,32,36)(H,33,38). The van der Waals surface area contributed by atoms with Gasteiger partial charge in [-0.1, -0.05) is 31.0 Å². The third-order valence-electron chi connectivity index (χ3n) is 7.46. The molecule has 0 spiro atoms. The van der Waals surface area contributed by atoms with E-state index in [4.69, 9.17) is 4.42 Å². The summed E-state index contributed by atoms with van der Waals surface area (Å²) < 4.78 is 5.27. The predicted octanol–water partition coefficient (Wildman–Crippen LogP) is 3.96. The minimum Gasteiger partial charge on any atom is -0.459 e. The van der Waals surface area contributed by atoms with Crippen LogP contribution in [0.3, 0.4) is 0 Å². The molecular weight excluding hydrogens is 494 g/mol. The average Bonchev–Trinajstić information content (AvgIpc) is 3.67. The van der Waals surface area contributed by atoms with Gasteiger partial charge in [0.1, 0.15) is 0 Å². The number of piperazine rings is 1. The lowest BCUT2D eigenvalue weighted by Gasteiger charge is -2.38. The molecule has 2 aliphatic rings. The van der Waals surface area contributed by atoms with Crippen LogP contribution in [0, 0.1) is 6.92 Å². The summed E-state index contributed by atoms with van der Waals surface area (Å²) in [7, 11) is 0. The van der Waals surface area contributed by atoms with Crippen LogP contribution < -0.4 is 25.8 Å². The molecule has 1 saturated heterocycles. The molecule has 1 aliphatic heterocycles. The first-order valence-corrected chi connectivity index (χ1v) is 13.6. The summed E-state index contributed by atoms with van der Waals surface area (Å²) in [5, 5.41) is 8.61. The fourth-order valence-electron chi connectivity index (χ4n) is 5.36. The van der Waals surface area contributed by atoms with Crippen molar-refractivity contribution in [2.45, 2.75) is 38.6 Å². The summed E-state index contributed by atoms with van der Waals surface area (Å²) in [6.45, 7) is 5.19. The Bertz CT molecular complexity index is 1310. The molecule has 5 rings (SSSR count). The molecule has 1 saturated carbocycles. The number of nitrogens with one attached hydrogen (secondary N) is 3. The van der Waals surface area contributed by atoms with Crippen LogP contribution in [-0.2, 0) is 4.79 Å². The molecule has 3 amide bonds. The Hall–Kier alpha value is -4.27. The average molecular weight is 530 g/mol. The molecule has 2 aromatic carbocycles. The molecule has 0 radical (unpaired) electrons. The molecule has 0 atom stereocenters. The zero-order chi connectivity index (χ0) is 27.2. The number of para-hydroxylation sites is 1. The van der Waals surface area contributed by atoms with E-state index in [0.717, 1.165) is 57.5 Å². The van der Waals surface area contributed by atoms with E-state index in [0.29, 0.717) is 11.3 Å². The summed E-state index contributed by atoms with van der Waals surface area (Å²) >= 11 is 0. The molecule has 39 heavy (non-hydrogen) atoms. The number of rotatable bonds is 8. The van der Waals surface area contributed by atoms with E-state index in [1.54, 1.807) is 24.3 Å². The van der Waals surface area contributed by atoms with Gasteiger partial charge in [-0.2, -0.15) is 0 Å². The van der Waals surface area contributed by atoms with Crippen LogP contribution in [0.2, 0.25) is 0 Å². The van der Waals surface area contributed by atoms with Gasteiger partial charge in [0.25, 0.3) is 11.8 Å². The molecule has 3 N–H and O–H groups in total. The van der Waals surface area contributed by atoms with Gasteiger partial charge in [-0.25, -0.2) is 0 Å². The van der Waals surface area contributed by atoms with Crippen LogP contribution in [0.4, 0.5) is 17.1 Å². The van der Waals surface area contributed by atoms with E-state index in [1.807, 2.05) is 12.1 Å². The molecule has 204 valence electrons. The monoisotopic (exact) mass is 529 g/mol. The zero-order valence-electron chi connectivity index (χ0n) is 22.2. The number of nitrogens with zero attached hydrogens (tertiary/aromatic N) is 2. The number of hydrogen-bond donors (Lipinski definition) is 3. The molecule has 3 aromatic rings. The zero-order valence-corrected chi connectivity index (χ0v) is 22.2. The molecule has 9 nitrogen and oxygen atoms in total. The molecule has 2 heterocycles. The Morgan fingerprint density at radius 1 is 0.872 bits per heavy atom. The first-order valence-electron chi connectivity index (χ1n) is 13.6. The Kier molecular flexibility index (Phi) is 8.15. The van der Waals surface area contributed by atoms with Gasteiger partial charge in [0.15, 0.2) is 5.76 Å². The molecule has 1 aliphatic carbocycles. The van der Waals surface area contributed by atoms with Gasteiger partial charge in [-0.3, -0.25) is 14.4 Å². The molecule has 2 fully saturated rings. The number of carbonyl (C=O) groups excluding carboxylic acids is 3. The number of carbonyl (C=O) groups is 3. The number of amides is 3. The van der Waals surface area contributed by atoms with Gasteiger partial charge in [-0.05, 0) is 61.7 Å².